The lowest BCUT2D eigenvalue weighted by Crippen LogP contribution is -2.42. The van der Waals surface area contributed by atoms with Gasteiger partial charge in [-0.05, 0) is 12.8 Å². The molecule has 0 saturated heterocycles. The SMILES string of the molecule is CCNC(=NCc1nc(C(C)C)cs1)NCCNC(=O)C(C)C.I. The van der Waals surface area contributed by atoms with Crippen molar-refractivity contribution in [1.82, 2.24) is 20.9 Å². The summed E-state index contributed by atoms with van der Waals surface area (Å²) in [5, 5.41) is 12.4. The predicted molar refractivity (Wildman–Crippen MR) is 112 cm³/mol. The average Bonchev–Trinajstić information content (AvgIpc) is 2.97. The van der Waals surface area contributed by atoms with Crippen LogP contribution < -0.4 is 16.0 Å². The molecule has 1 aromatic rings. The second-order valence-electron chi connectivity index (χ2n) is 5.89. The maximum Gasteiger partial charge on any atom is 0.222 e. The number of nitrogens with zero attached hydrogens (tertiary/aromatic N) is 2. The Kier molecular flexibility index (Phi) is 12.0. The first-order valence-corrected chi connectivity index (χ1v) is 9.06. The van der Waals surface area contributed by atoms with E-state index in [0.717, 1.165) is 23.2 Å². The molecule has 0 aromatic carbocycles. The van der Waals surface area contributed by atoms with Crippen LogP contribution in [0.15, 0.2) is 10.4 Å². The summed E-state index contributed by atoms with van der Waals surface area (Å²) in [6.45, 7) is 12.6. The summed E-state index contributed by atoms with van der Waals surface area (Å²) in [6, 6.07) is 0. The fraction of sp³-hybridized carbons (Fsp3) is 0.688. The standard InChI is InChI=1S/C16H29N5OS.HI/c1-6-17-16(19-8-7-18-15(22)12(4)5)20-9-14-21-13(10-23-14)11(2)3;/h10-12H,6-9H2,1-5H3,(H,18,22)(H2,17,19,20);1H. The maximum atomic E-state index is 11.5. The van der Waals surface area contributed by atoms with Gasteiger partial charge >= 0.3 is 0 Å². The molecule has 0 unspecified atom stereocenters. The lowest BCUT2D eigenvalue weighted by molar-refractivity contribution is -0.123. The topological polar surface area (TPSA) is 78.4 Å². The molecule has 0 atom stereocenters. The summed E-state index contributed by atoms with van der Waals surface area (Å²) < 4.78 is 0. The molecule has 0 fully saturated rings. The number of guanidine groups is 1. The lowest BCUT2D eigenvalue weighted by Gasteiger charge is -2.12. The lowest BCUT2D eigenvalue weighted by atomic mass is 10.2. The molecule has 1 rings (SSSR count). The molecule has 24 heavy (non-hydrogen) atoms. The van der Waals surface area contributed by atoms with Crippen molar-refractivity contribution in [3.8, 4) is 0 Å². The van der Waals surface area contributed by atoms with Gasteiger partial charge in [-0.25, -0.2) is 9.98 Å². The van der Waals surface area contributed by atoms with Crippen LogP contribution in [0, 0.1) is 5.92 Å². The largest absolute Gasteiger partial charge is 0.357 e. The number of amides is 1. The highest BCUT2D eigenvalue weighted by atomic mass is 127. The minimum Gasteiger partial charge on any atom is -0.357 e. The highest BCUT2D eigenvalue weighted by molar-refractivity contribution is 14.0. The van der Waals surface area contributed by atoms with Gasteiger partial charge in [-0.1, -0.05) is 27.7 Å². The number of rotatable bonds is 8. The Morgan fingerprint density at radius 3 is 2.42 bits per heavy atom. The first-order chi connectivity index (χ1) is 10.9. The van der Waals surface area contributed by atoms with E-state index in [1.54, 1.807) is 11.3 Å². The monoisotopic (exact) mass is 467 g/mol. The third-order valence-corrected chi connectivity index (χ3v) is 3.97. The van der Waals surface area contributed by atoms with Crippen molar-refractivity contribution in [3.63, 3.8) is 0 Å². The van der Waals surface area contributed by atoms with Gasteiger partial charge in [0.25, 0.3) is 0 Å². The Labute approximate surface area is 166 Å². The van der Waals surface area contributed by atoms with E-state index in [1.807, 2.05) is 20.8 Å². The molecular weight excluding hydrogens is 437 g/mol. The van der Waals surface area contributed by atoms with Gasteiger partial charge in [0.2, 0.25) is 5.91 Å². The maximum absolute atomic E-state index is 11.5. The van der Waals surface area contributed by atoms with E-state index in [1.165, 1.54) is 0 Å². The van der Waals surface area contributed by atoms with Gasteiger partial charge < -0.3 is 16.0 Å². The molecule has 1 heterocycles. The molecule has 0 aliphatic carbocycles. The minimum absolute atomic E-state index is 0. The Morgan fingerprint density at radius 1 is 1.21 bits per heavy atom. The summed E-state index contributed by atoms with van der Waals surface area (Å²) in [7, 11) is 0. The zero-order valence-electron chi connectivity index (χ0n) is 15.2. The molecule has 0 spiro atoms. The summed E-state index contributed by atoms with van der Waals surface area (Å²) in [5.41, 5.74) is 1.12. The van der Waals surface area contributed by atoms with E-state index in [0.29, 0.717) is 25.6 Å². The Balaban J connectivity index is 0.00000529. The third kappa shape index (κ3) is 8.81. The molecule has 1 aromatic heterocycles. The molecule has 0 radical (unpaired) electrons. The van der Waals surface area contributed by atoms with E-state index in [2.05, 4.69) is 45.2 Å². The van der Waals surface area contributed by atoms with E-state index >= 15 is 0 Å². The molecule has 138 valence electrons. The number of carbonyl (C=O) groups is 1. The Bertz CT molecular complexity index is 516. The molecule has 0 aliphatic heterocycles. The van der Waals surface area contributed by atoms with Crippen LogP contribution in [-0.2, 0) is 11.3 Å². The van der Waals surface area contributed by atoms with Crippen molar-refractivity contribution in [1.29, 1.82) is 0 Å². The van der Waals surface area contributed by atoms with E-state index in [-0.39, 0.29) is 35.8 Å². The fourth-order valence-corrected chi connectivity index (χ4v) is 2.60. The molecule has 0 saturated carbocycles. The number of hydrogen-bond donors (Lipinski definition) is 3. The average molecular weight is 467 g/mol. The number of aromatic nitrogens is 1. The zero-order chi connectivity index (χ0) is 17.2. The van der Waals surface area contributed by atoms with Gasteiger partial charge in [0.15, 0.2) is 5.96 Å². The predicted octanol–water partition coefficient (Wildman–Crippen LogP) is 2.71. The van der Waals surface area contributed by atoms with Gasteiger partial charge in [-0.15, -0.1) is 35.3 Å². The molecule has 3 N–H and O–H groups in total. The molecule has 0 bridgehead atoms. The first kappa shape index (κ1) is 23.1. The van der Waals surface area contributed by atoms with Crippen LogP contribution in [0.25, 0.3) is 0 Å². The van der Waals surface area contributed by atoms with Gasteiger partial charge in [0.1, 0.15) is 5.01 Å². The third-order valence-electron chi connectivity index (χ3n) is 3.12. The van der Waals surface area contributed by atoms with Crippen molar-refractivity contribution in [2.75, 3.05) is 19.6 Å². The van der Waals surface area contributed by atoms with Crippen molar-refractivity contribution in [3.05, 3.63) is 16.1 Å². The van der Waals surface area contributed by atoms with Crippen LogP contribution in [0.4, 0.5) is 0 Å². The normalized spacial score (nSPS) is 11.4. The summed E-state index contributed by atoms with van der Waals surface area (Å²) in [4.78, 5) is 20.6. The highest BCUT2D eigenvalue weighted by Gasteiger charge is 2.07. The van der Waals surface area contributed by atoms with Gasteiger partial charge in [0, 0.05) is 30.9 Å². The number of thiazole rings is 1. The van der Waals surface area contributed by atoms with Gasteiger partial charge in [0.05, 0.1) is 12.2 Å². The highest BCUT2D eigenvalue weighted by Crippen LogP contribution is 2.18. The van der Waals surface area contributed by atoms with Crippen molar-refractivity contribution >= 4 is 47.2 Å². The Hall–Kier alpha value is -0.900. The quantitative estimate of drug-likeness (QED) is 0.238. The summed E-state index contributed by atoms with van der Waals surface area (Å²) in [5.74, 6) is 1.27. The molecular formula is C16H30IN5OS. The minimum atomic E-state index is 0. The van der Waals surface area contributed by atoms with Crippen LogP contribution in [0.5, 0.6) is 0 Å². The fourth-order valence-electron chi connectivity index (χ4n) is 1.72. The van der Waals surface area contributed by atoms with Gasteiger partial charge in [-0.3, -0.25) is 4.79 Å². The molecule has 8 heteroatoms. The summed E-state index contributed by atoms with van der Waals surface area (Å²) in [6.07, 6.45) is 0. The smallest absolute Gasteiger partial charge is 0.222 e. The molecule has 1 amide bonds. The van der Waals surface area contributed by atoms with E-state index in [9.17, 15) is 4.79 Å². The van der Waals surface area contributed by atoms with E-state index < -0.39 is 0 Å². The van der Waals surface area contributed by atoms with E-state index in [4.69, 9.17) is 0 Å². The van der Waals surface area contributed by atoms with Crippen molar-refractivity contribution in [2.45, 2.75) is 47.1 Å². The van der Waals surface area contributed by atoms with Crippen LogP contribution >= 0.6 is 35.3 Å². The molecule has 6 nitrogen and oxygen atoms in total. The number of nitrogens with one attached hydrogen (secondary N) is 3. The van der Waals surface area contributed by atoms with Gasteiger partial charge in [-0.2, -0.15) is 0 Å². The number of carbonyl (C=O) groups excluding carboxylic acids is 1. The van der Waals surface area contributed by atoms with Crippen molar-refractivity contribution < 1.29 is 4.79 Å². The van der Waals surface area contributed by atoms with Crippen LogP contribution in [0.2, 0.25) is 0 Å². The zero-order valence-corrected chi connectivity index (χ0v) is 18.3. The number of halogens is 1. The van der Waals surface area contributed by atoms with Crippen molar-refractivity contribution in [2.24, 2.45) is 10.9 Å². The summed E-state index contributed by atoms with van der Waals surface area (Å²) >= 11 is 1.64. The van der Waals surface area contributed by atoms with Crippen LogP contribution in [-0.4, -0.2) is 36.5 Å². The number of hydrogen-bond acceptors (Lipinski definition) is 4. The first-order valence-electron chi connectivity index (χ1n) is 8.18. The van der Waals surface area contributed by atoms with Crippen LogP contribution in [0.3, 0.4) is 0 Å². The van der Waals surface area contributed by atoms with Crippen LogP contribution in [0.1, 0.15) is 51.2 Å². The second-order valence-corrected chi connectivity index (χ2v) is 6.83. The second kappa shape index (κ2) is 12.5. The Morgan fingerprint density at radius 2 is 1.88 bits per heavy atom. The number of aliphatic imine (C=N–C) groups is 1. The molecule has 0 aliphatic rings.